The zero-order valence-corrected chi connectivity index (χ0v) is 9.11. The van der Waals surface area contributed by atoms with Crippen LogP contribution in [0, 0.1) is 17.6 Å². The van der Waals surface area contributed by atoms with Crippen LogP contribution in [0.1, 0.15) is 24.8 Å². The van der Waals surface area contributed by atoms with Crippen LogP contribution < -0.4 is 0 Å². The SMILES string of the molecule is Fc1cccc(F)c1CC1CCCC1Cl. The molecule has 1 fully saturated rings. The second kappa shape index (κ2) is 4.48. The van der Waals surface area contributed by atoms with Crippen LogP contribution in [0.15, 0.2) is 18.2 Å². The molecule has 0 bridgehead atoms. The Hall–Kier alpha value is -0.630. The normalized spacial score (nSPS) is 25.8. The van der Waals surface area contributed by atoms with Crippen molar-refractivity contribution in [1.29, 1.82) is 0 Å². The standard InChI is InChI=1S/C12H13ClF2/c13-10-4-1-3-8(10)7-9-11(14)5-2-6-12(9)15/h2,5-6,8,10H,1,3-4,7H2. The summed E-state index contributed by atoms with van der Waals surface area (Å²) >= 11 is 6.09. The molecule has 0 heterocycles. The Labute approximate surface area is 93.2 Å². The lowest BCUT2D eigenvalue weighted by atomic mass is 9.97. The minimum Gasteiger partial charge on any atom is -0.207 e. The molecule has 2 unspecified atom stereocenters. The van der Waals surface area contributed by atoms with Gasteiger partial charge in [0.25, 0.3) is 0 Å². The van der Waals surface area contributed by atoms with Crippen molar-refractivity contribution in [3.8, 4) is 0 Å². The van der Waals surface area contributed by atoms with E-state index in [-0.39, 0.29) is 16.9 Å². The molecule has 1 aromatic rings. The van der Waals surface area contributed by atoms with Gasteiger partial charge in [0.05, 0.1) is 0 Å². The molecule has 1 saturated carbocycles. The predicted octanol–water partition coefficient (Wildman–Crippen LogP) is 3.91. The molecule has 1 aromatic carbocycles. The zero-order valence-electron chi connectivity index (χ0n) is 8.35. The first kappa shape index (κ1) is 10.9. The topological polar surface area (TPSA) is 0 Å². The summed E-state index contributed by atoms with van der Waals surface area (Å²) in [6.45, 7) is 0. The van der Waals surface area contributed by atoms with Crippen LogP contribution in [-0.2, 0) is 6.42 Å². The van der Waals surface area contributed by atoms with Crippen LogP contribution in [0.3, 0.4) is 0 Å². The fraction of sp³-hybridized carbons (Fsp3) is 0.500. The highest BCUT2D eigenvalue weighted by Crippen LogP contribution is 2.33. The van der Waals surface area contributed by atoms with E-state index in [2.05, 4.69) is 0 Å². The van der Waals surface area contributed by atoms with Crippen molar-refractivity contribution >= 4 is 11.6 Å². The maximum Gasteiger partial charge on any atom is 0.129 e. The second-order valence-corrected chi connectivity index (χ2v) is 4.67. The summed E-state index contributed by atoms with van der Waals surface area (Å²) in [7, 11) is 0. The molecular weight excluding hydrogens is 218 g/mol. The van der Waals surface area contributed by atoms with E-state index in [0.29, 0.717) is 6.42 Å². The van der Waals surface area contributed by atoms with Gasteiger partial charge in [0.15, 0.2) is 0 Å². The molecule has 0 amide bonds. The highest BCUT2D eigenvalue weighted by atomic mass is 35.5. The Bertz CT molecular complexity index is 331. The molecule has 0 radical (unpaired) electrons. The van der Waals surface area contributed by atoms with Gasteiger partial charge in [-0.05, 0) is 37.3 Å². The van der Waals surface area contributed by atoms with Crippen LogP contribution in [-0.4, -0.2) is 5.38 Å². The van der Waals surface area contributed by atoms with Crippen molar-refractivity contribution in [3.63, 3.8) is 0 Å². The van der Waals surface area contributed by atoms with Crippen molar-refractivity contribution in [1.82, 2.24) is 0 Å². The molecule has 0 saturated heterocycles. The largest absolute Gasteiger partial charge is 0.207 e. The quantitative estimate of drug-likeness (QED) is 0.676. The van der Waals surface area contributed by atoms with E-state index < -0.39 is 11.6 Å². The fourth-order valence-corrected chi connectivity index (χ4v) is 2.58. The smallest absolute Gasteiger partial charge is 0.129 e. The third-order valence-corrected chi connectivity index (χ3v) is 3.67. The van der Waals surface area contributed by atoms with E-state index in [4.69, 9.17) is 11.6 Å². The van der Waals surface area contributed by atoms with E-state index in [0.717, 1.165) is 19.3 Å². The van der Waals surface area contributed by atoms with Crippen molar-refractivity contribution in [2.24, 2.45) is 5.92 Å². The van der Waals surface area contributed by atoms with E-state index in [1.165, 1.54) is 18.2 Å². The summed E-state index contributed by atoms with van der Waals surface area (Å²) in [6, 6.07) is 3.99. The average Bonchev–Trinajstić information content (AvgIpc) is 2.58. The van der Waals surface area contributed by atoms with Crippen LogP contribution >= 0.6 is 11.6 Å². The van der Waals surface area contributed by atoms with E-state index >= 15 is 0 Å². The number of benzene rings is 1. The van der Waals surface area contributed by atoms with E-state index in [1.807, 2.05) is 0 Å². The summed E-state index contributed by atoms with van der Waals surface area (Å²) < 4.78 is 26.7. The maximum absolute atomic E-state index is 13.3. The maximum atomic E-state index is 13.3. The molecule has 1 aliphatic rings. The Balaban J connectivity index is 2.16. The first-order chi connectivity index (χ1) is 7.18. The fourth-order valence-electron chi connectivity index (χ4n) is 2.21. The number of halogens is 3. The monoisotopic (exact) mass is 230 g/mol. The molecule has 3 heteroatoms. The van der Waals surface area contributed by atoms with Gasteiger partial charge in [0, 0.05) is 10.9 Å². The molecule has 0 N–H and O–H groups in total. The van der Waals surface area contributed by atoms with Crippen molar-refractivity contribution in [2.45, 2.75) is 31.1 Å². The molecule has 82 valence electrons. The Kier molecular flexibility index (Phi) is 3.25. The van der Waals surface area contributed by atoms with Crippen LogP contribution in [0.5, 0.6) is 0 Å². The summed E-state index contributed by atoms with van der Waals surface area (Å²) in [6.07, 6.45) is 3.42. The number of hydrogen-bond acceptors (Lipinski definition) is 0. The Morgan fingerprint density at radius 2 is 1.87 bits per heavy atom. The molecule has 15 heavy (non-hydrogen) atoms. The minimum absolute atomic E-state index is 0.0732. The lowest BCUT2D eigenvalue weighted by Gasteiger charge is -2.14. The van der Waals surface area contributed by atoms with Crippen molar-refractivity contribution in [2.75, 3.05) is 0 Å². The third kappa shape index (κ3) is 2.31. The van der Waals surface area contributed by atoms with E-state index in [9.17, 15) is 8.78 Å². The lowest BCUT2D eigenvalue weighted by molar-refractivity contribution is 0.494. The van der Waals surface area contributed by atoms with Gasteiger partial charge >= 0.3 is 0 Å². The predicted molar refractivity (Wildman–Crippen MR) is 57.0 cm³/mol. The highest BCUT2D eigenvalue weighted by Gasteiger charge is 2.27. The molecule has 1 aliphatic carbocycles. The van der Waals surface area contributed by atoms with Crippen LogP contribution in [0.2, 0.25) is 0 Å². The van der Waals surface area contributed by atoms with Gasteiger partial charge in [-0.2, -0.15) is 0 Å². The second-order valence-electron chi connectivity index (χ2n) is 4.11. The summed E-state index contributed by atoms with van der Waals surface area (Å²) in [5.74, 6) is -0.686. The molecule has 2 rings (SSSR count). The van der Waals surface area contributed by atoms with Gasteiger partial charge in [-0.3, -0.25) is 0 Å². The van der Waals surface area contributed by atoms with Gasteiger partial charge in [0.1, 0.15) is 11.6 Å². The van der Waals surface area contributed by atoms with E-state index in [1.54, 1.807) is 0 Å². The van der Waals surface area contributed by atoms with Crippen LogP contribution in [0.4, 0.5) is 8.78 Å². The summed E-state index contributed by atoms with van der Waals surface area (Å²) in [4.78, 5) is 0. The first-order valence-corrected chi connectivity index (χ1v) is 5.69. The molecule has 0 aliphatic heterocycles. The zero-order chi connectivity index (χ0) is 10.8. The molecule has 2 atom stereocenters. The Morgan fingerprint density at radius 1 is 1.20 bits per heavy atom. The number of alkyl halides is 1. The molecule has 0 aromatic heterocycles. The molecule has 0 spiro atoms. The van der Waals surface area contributed by atoms with Crippen molar-refractivity contribution in [3.05, 3.63) is 35.4 Å². The van der Waals surface area contributed by atoms with Gasteiger partial charge in [-0.1, -0.05) is 12.5 Å². The first-order valence-electron chi connectivity index (χ1n) is 5.25. The van der Waals surface area contributed by atoms with Gasteiger partial charge in [-0.25, -0.2) is 8.78 Å². The van der Waals surface area contributed by atoms with Gasteiger partial charge in [0.2, 0.25) is 0 Å². The van der Waals surface area contributed by atoms with Gasteiger partial charge in [-0.15, -0.1) is 11.6 Å². The third-order valence-electron chi connectivity index (χ3n) is 3.09. The summed E-state index contributed by atoms with van der Waals surface area (Å²) in [5, 5.41) is 0.0732. The highest BCUT2D eigenvalue weighted by molar-refractivity contribution is 6.20. The van der Waals surface area contributed by atoms with Crippen LogP contribution in [0.25, 0.3) is 0 Å². The minimum atomic E-state index is -0.453. The number of rotatable bonds is 2. The van der Waals surface area contributed by atoms with Crippen molar-refractivity contribution < 1.29 is 8.78 Å². The lowest BCUT2D eigenvalue weighted by Crippen LogP contribution is -2.12. The number of hydrogen-bond donors (Lipinski definition) is 0. The Morgan fingerprint density at radius 3 is 2.40 bits per heavy atom. The average molecular weight is 231 g/mol. The van der Waals surface area contributed by atoms with Gasteiger partial charge < -0.3 is 0 Å². The molecule has 0 nitrogen and oxygen atoms in total. The summed E-state index contributed by atoms with van der Waals surface area (Å²) in [5.41, 5.74) is 0.190. The molecular formula is C12H13ClF2.